The summed E-state index contributed by atoms with van der Waals surface area (Å²) in [7, 11) is 0. The number of aromatic amines is 3. The quantitative estimate of drug-likeness (QED) is 0.301. The van der Waals surface area contributed by atoms with Gasteiger partial charge in [0.15, 0.2) is 5.65 Å². The van der Waals surface area contributed by atoms with Gasteiger partial charge < -0.3 is 4.98 Å². The van der Waals surface area contributed by atoms with E-state index in [1.165, 1.54) is 6.07 Å². The zero-order valence-corrected chi connectivity index (χ0v) is 16.6. The molecule has 0 spiro atoms. The number of rotatable bonds is 0. The van der Waals surface area contributed by atoms with Crippen LogP contribution in [0.4, 0.5) is 4.39 Å². The highest BCUT2D eigenvalue weighted by Gasteiger charge is 2.16. The summed E-state index contributed by atoms with van der Waals surface area (Å²) in [6.07, 6.45) is 5.12. The number of H-pyrrole nitrogens is 3. The van der Waals surface area contributed by atoms with E-state index in [1.807, 2.05) is 24.3 Å². The number of halogens is 1. The van der Waals surface area contributed by atoms with Crippen LogP contribution in [0.25, 0.3) is 64.8 Å². The molecule has 0 atom stereocenters. The zero-order valence-electron chi connectivity index (χ0n) is 15.8. The highest BCUT2D eigenvalue weighted by molar-refractivity contribution is 7.23. The predicted molar refractivity (Wildman–Crippen MR) is 120 cm³/mol. The molecule has 4 aromatic heterocycles. The second kappa shape index (κ2) is 5.96. The van der Waals surface area contributed by atoms with Gasteiger partial charge in [0.25, 0.3) is 0 Å². The van der Waals surface area contributed by atoms with Gasteiger partial charge in [-0.15, -0.1) is 11.3 Å². The maximum absolute atomic E-state index is 15.0. The van der Waals surface area contributed by atoms with Gasteiger partial charge in [0, 0.05) is 34.8 Å². The molecule has 0 saturated heterocycles. The van der Waals surface area contributed by atoms with Gasteiger partial charge in [-0.25, -0.2) is 14.4 Å². The summed E-state index contributed by atoms with van der Waals surface area (Å²) in [5.74, 6) is -0.337. The lowest BCUT2D eigenvalue weighted by Crippen LogP contribution is -1.84. The third-order valence-electron chi connectivity index (χ3n) is 5.43. The second-order valence-electron chi connectivity index (χ2n) is 7.33. The van der Waals surface area contributed by atoms with Gasteiger partial charge in [0.2, 0.25) is 0 Å². The standard InChI is InChI=1S/C22H12FN7S/c23-14-7-16-13-6-12(14)10-5-11(9-24-8-10)26-18-2-1-17(31-18)21-20-15(3-4-25-21)27-22(28-20)19(13)30-29-16/h1-9,26,29-30H. The lowest BCUT2D eigenvalue weighted by Gasteiger charge is -2.01. The van der Waals surface area contributed by atoms with Crippen LogP contribution in [0, 0.1) is 5.82 Å². The van der Waals surface area contributed by atoms with E-state index in [1.54, 1.807) is 36.0 Å². The van der Waals surface area contributed by atoms with Crippen LogP contribution in [-0.4, -0.2) is 35.1 Å². The van der Waals surface area contributed by atoms with Gasteiger partial charge >= 0.3 is 0 Å². The minimum Gasteiger partial charge on any atom is -0.346 e. The number of imidazole rings is 1. The number of aromatic nitrogens is 7. The number of nitrogens with one attached hydrogen (secondary N) is 3. The van der Waals surface area contributed by atoms with E-state index in [2.05, 4.69) is 25.1 Å². The summed E-state index contributed by atoms with van der Waals surface area (Å²) in [5.41, 5.74) is 5.71. The van der Waals surface area contributed by atoms with Crippen molar-refractivity contribution >= 4 is 64.9 Å². The topological polar surface area (TPSA) is 98.9 Å². The fourth-order valence-corrected chi connectivity index (χ4v) is 4.91. The molecule has 7 rings (SSSR count). The lowest BCUT2D eigenvalue weighted by atomic mass is 10.1. The first kappa shape index (κ1) is 16.7. The Balaban J connectivity index is 1.76. The third kappa shape index (κ3) is 2.44. The van der Waals surface area contributed by atoms with E-state index in [4.69, 9.17) is 9.97 Å². The van der Waals surface area contributed by atoms with Gasteiger partial charge in [0.05, 0.1) is 32.3 Å². The molecule has 7 nitrogen and oxygen atoms in total. The Kier molecular flexibility index (Phi) is 3.20. The maximum Gasteiger partial charge on any atom is 0.179 e. The van der Waals surface area contributed by atoms with Crippen LogP contribution in [0.2, 0.25) is 0 Å². The first-order valence-corrected chi connectivity index (χ1v) is 10.4. The van der Waals surface area contributed by atoms with Crippen molar-refractivity contribution in [3.05, 3.63) is 60.8 Å². The largest absolute Gasteiger partial charge is 0.346 e. The highest BCUT2D eigenvalue weighted by atomic mass is 32.1. The monoisotopic (exact) mass is 425 g/mol. The minimum absolute atomic E-state index is 0.337. The Morgan fingerprint density at radius 3 is 2.87 bits per heavy atom. The molecular weight excluding hydrogens is 413 g/mol. The van der Waals surface area contributed by atoms with Gasteiger partial charge in [-0.05, 0) is 30.3 Å². The summed E-state index contributed by atoms with van der Waals surface area (Å²) >= 11 is 1.56. The van der Waals surface area contributed by atoms with E-state index in [0.717, 1.165) is 37.2 Å². The number of hydrogen-bond acceptors (Lipinski definition) is 5. The van der Waals surface area contributed by atoms with Crippen molar-refractivity contribution in [1.82, 2.24) is 35.1 Å². The van der Waals surface area contributed by atoms with Crippen LogP contribution in [0.15, 0.2) is 55.0 Å². The fourth-order valence-electron chi connectivity index (χ4n) is 3.99. The van der Waals surface area contributed by atoms with E-state index in [-0.39, 0.29) is 5.82 Å². The molecule has 6 heterocycles. The molecule has 0 fully saturated rings. The molecule has 0 saturated carbocycles. The molecule has 148 valence electrons. The van der Waals surface area contributed by atoms with Crippen LogP contribution in [0.5, 0.6) is 0 Å². The number of pyridine rings is 2. The fraction of sp³-hybridized carbons (Fsp3) is 0. The van der Waals surface area contributed by atoms with Crippen molar-refractivity contribution in [2.24, 2.45) is 0 Å². The van der Waals surface area contributed by atoms with E-state index in [0.29, 0.717) is 27.6 Å². The third-order valence-corrected chi connectivity index (χ3v) is 6.43. The SMILES string of the molecule is Fc1cc2[nH][nH]c3c4nc5ccnc(c6ccc([nH]c7cncc(c7)c1cc2-3)s6)c5n4. The Bertz CT molecular complexity index is 1820. The first-order chi connectivity index (χ1) is 15.2. The van der Waals surface area contributed by atoms with Gasteiger partial charge in [-0.3, -0.25) is 20.2 Å². The van der Waals surface area contributed by atoms with Crippen molar-refractivity contribution in [3.63, 3.8) is 0 Å². The zero-order chi connectivity index (χ0) is 20.5. The number of fused-ring (bicyclic) bond motifs is 9. The summed E-state index contributed by atoms with van der Waals surface area (Å²) < 4.78 is 16.0. The average molecular weight is 425 g/mol. The number of hydrogen-bond donors (Lipinski definition) is 3. The molecule has 0 radical (unpaired) electrons. The molecule has 1 aromatic carbocycles. The molecule has 5 aromatic rings. The van der Waals surface area contributed by atoms with Crippen molar-refractivity contribution in [3.8, 4) is 11.3 Å². The Morgan fingerprint density at radius 2 is 1.90 bits per heavy atom. The lowest BCUT2D eigenvalue weighted by molar-refractivity contribution is 0.641. The Hall–Kier alpha value is -4.11. The van der Waals surface area contributed by atoms with E-state index in [9.17, 15) is 4.39 Å². The molecule has 2 aliphatic rings. The normalized spacial score (nSPS) is 12.0. The number of nitrogens with zero attached hydrogens (tertiary/aromatic N) is 4. The molecule has 0 amide bonds. The van der Waals surface area contributed by atoms with Crippen molar-refractivity contribution < 1.29 is 4.39 Å². The maximum atomic E-state index is 15.0. The van der Waals surface area contributed by atoms with Crippen molar-refractivity contribution in [2.45, 2.75) is 0 Å². The summed E-state index contributed by atoms with van der Waals surface area (Å²) in [6, 6.07) is 11.0. The van der Waals surface area contributed by atoms with Crippen LogP contribution in [0.3, 0.4) is 0 Å². The van der Waals surface area contributed by atoms with Crippen LogP contribution < -0.4 is 0 Å². The Labute approximate surface area is 176 Å². The molecular formula is C22H12FN7S. The van der Waals surface area contributed by atoms with E-state index < -0.39 is 0 Å². The van der Waals surface area contributed by atoms with Crippen LogP contribution >= 0.6 is 11.3 Å². The summed E-state index contributed by atoms with van der Waals surface area (Å²) in [5, 5.41) is 7.27. The van der Waals surface area contributed by atoms with Crippen LogP contribution in [-0.2, 0) is 0 Å². The average Bonchev–Trinajstić information content (AvgIpc) is 3.50. The van der Waals surface area contributed by atoms with Gasteiger partial charge in [0.1, 0.15) is 22.5 Å². The summed E-state index contributed by atoms with van der Waals surface area (Å²) in [4.78, 5) is 22.7. The second-order valence-corrected chi connectivity index (χ2v) is 8.41. The minimum atomic E-state index is -0.337. The first-order valence-electron chi connectivity index (χ1n) is 9.58. The molecule has 9 heteroatoms. The van der Waals surface area contributed by atoms with Crippen LogP contribution in [0.1, 0.15) is 0 Å². The van der Waals surface area contributed by atoms with Gasteiger partial charge in [-0.2, -0.15) is 0 Å². The molecule has 0 unspecified atom stereocenters. The molecule has 8 bridgehead atoms. The van der Waals surface area contributed by atoms with Crippen molar-refractivity contribution in [1.29, 1.82) is 0 Å². The molecule has 3 N–H and O–H groups in total. The molecule has 2 aliphatic heterocycles. The highest BCUT2D eigenvalue weighted by Crippen LogP contribution is 2.33. The molecule has 0 aliphatic carbocycles. The number of thiophene rings is 1. The van der Waals surface area contributed by atoms with E-state index >= 15 is 0 Å². The predicted octanol–water partition coefficient (Wildman–Crippen LogP) is 5.45. The molecule has 31 heavy (non-hydrogen) atoms. The smallest absolute Gasteiger partial charge is 0.179 e. The van der Waals surface area contributed by atoms with Gasteiger partial charge in [-0.1, -0.05) is 0 Å². The van der Waals surface area contributed by atoms with Crippen molar-refractivity contribution in [2.75, 3.05) is 0 Å². The summed E-state index contributed by atoms with van der Waals surface area (Å²) in [6.45, 7) is 0. The number of benzene rings is 1. The Morgan fingerprint density at radius 1 is 0.935 bits per heavy atom.